The standard InChI is InChI=1S/C13H22N4O2/c1-9-15-10(17-16-9)11(18)14-8-13(19)6-4-12(2,3)5-7-13/h19H,4-8H2,1-3H3,(H,14,18)(H,15,16,17). The Labute approximate surface area is 113 Å². The smallest absolute Gasteiger partial charge is 0.291 e. The second-order valence-corrected chi connectivity index (χ2v) is 6.32. The first kappa shape index (κ1) is 14.0. The highest BCUT2D eigenvalue weighted by Gasteiger charge is 2.36. The Balaban J connectivity index is 1.87. The molecule has 1 aromatic rings. The molecule has 2 rings (SSSR count). The van der Waals surface area contributed by atoms with E-state index in [2.05, 4.69) is 34.3 Å². The average molecular weight is 266 g/mol. The molecule has 0 bridgehead atoms. The first-order valence-corrected chi connectivity index (χ1v) is 6.69. The van der Waals surface area contributed by atoms with E-state index in [1.165, 1.54) is 0 Å². The van der Waals surface area contributed by atoms with Gasteiger partial charge in [0, 0.05) is 6.54 Å². The summed E-state index contributed by atoms with van der Waals surface area (Å²) in [5.41, 5.74) is -0.506. The summed E-state index contributed by atoms with van der Waals surface area (Å²) in [6, 6.07) is 0. The van der Waals surface area contributed by atoms with Crippen LogP contribution in [0.3, 0.4) is 0 Å². The van der Waals surface area contributed by atoms with E-state index in [1.807, 2.05) is 0 Å². The highest BCUT2D eigenvalue weighted by Crippen LogP contribution is 2.39. The number of carbonyl (C=O) groups excluding carboxylic acids is 1. The van der Waals surface area contributed by atoms with Crippen molar-refractivity contribution in [1.29, 1.82) is 0 Å². The predicted octanol–water partition coefficient (Wildman–Crippen LogP) is 1.17. The van der Waals surface area contributed by atoms with Crippen LogP contribution in [0.2, 0.25) is 0 Å². The maximum absolute atomic E-state index is 11.8. The molecule has 0 saturated heterocycles. The molecule has 0 aliphatic heterocycles. The van der Waals surface area contributed by atoms with Gasteiger partial charge in [0.2, 0.25) is 5.82 Å². The van der Waals surface area contributed by atoms with Gasteiger partial charge in [0.05, 0.1) is 5.60 Å². The Morgan fingerprint density at radius 1 is 1.37 bits per heavy atom. The zero-order valence-corrected chi connectivity index (χ0v) is 11.8. The molecular formula is C13H22N4O2. The van der Waals surface area contributed by atoms with Crippen LogP contribution in [0.25, 0.3) is 0 Å². The lowest BCUT2D eigenvalue weighted by Gasteiger charge is -2.40. The Morgan fingerprint density at radius 2 is 2.00 bits per heavy atom. The molecule has 6 heteroatoms. The van der Waals surface area contributed by atoms with Crippen molar-refractivity contribution in [3.05, 3.63) is 11.6 Å². The highest BCUT2D eigenvalue weighted by molar-refractivity contribution is 5.90. The Bertz CT molecular complexity index is 457. The fraction of sp³-hybridized carbons (Fsp3) is 0.769. The van der Waals surface area contributed by atoms with Gasteiger partial charge >= 0.3 is 0 Å². The molecule has 3 N–H and O–H groups in total. The minimum absolute atomic E-state index is 0.122. The summed E-state index contributed by atoms with van der Waals surface area (Å²) in [6.07, 6.45) is 3.37. The van der Waals surface area contributed by atoms with Gasteiger partial charge in [-0.2, -0.15) is 0 Å². The molecule has 106 valence electrons. The minimum Gasteiger partial charge on any atom is -0.388 e. The number of nitrogens with zero attached hydrogens (tertiary/aromatic N) is 2. The van der Waals surface area contributed by atoms with E-state index in [0.29, 0.717) is 18.7 Å². The maximum Gasteiger partial charge on any atom is 0.291 e. The number of nitrogens with one attached hydrogen (secondary N) is 2. The Kier molecular flexibility index (Phi) is 3.62. The lowest BCUT2D eigenvalue weighted by Crippen LogP contribution is -2.46. The fourth-order valence-corrected chi connectivity index (χ4v) is 2.34. The van der Waals surface area contributed by atoms with Crippen LogP contribution in [0.5, 0.6) is 0 Å². The molecule has 1 fully saturated rings. The zero-order chi connectivity index (χ0) is 14.1. The van der Waals surface area contributed by atoms with E-state index in [4.69, 9.17) is 0 Å². The molecular weight excluding hydrogens is 244 g/mol. The molecule has 19 heavy (non-hydrogen) atoms. The third-order valence-electron chi connectivity index (χ3n) is 3.91. The van der Waals surface area contributed by atoms with Crippen LogP contribution >= 0.6 is 0 Å². The van der Waals surface area contributed by atoms with Crippen LogP contribution in [-0.2, 0) is 0 Å². The summed E-state index contributed by atoms with van der Waals surface area (Å²) in [7, 11) is 0. The summed E-state index contributed by atoms with van der Waals surface area (Å²) in [5, 5.41) is 19.6. The van der Waals surface area contributed by atoms with Crippen LogP contribution in [0, 0.1) is 12.3 Å². The quantitative estimate of drug-likeness (QED) is 0.766. The van der Waals surface area contributed by atoms with Crippen LogP contribution in [0.15, 0.2) is 0 Å². The van der Waals surface area contributed by atoms with Crippen LogP contribution in [0.1, 0.15) is 56.0 Å². The van der Waals surface area contributed by atoms with Crippen molar-refractivity contribution < 1.29 is 9.90 Å². The second-order valence-electron chi connectivity index (χ2n) is 6.32. The van der Waals surface area contributed by atoms with Gasteiger partial charge in [-0.1, -0.05) is 13.8 Å². The van der Waals surface area contributed by atoms with Crippen molar-refractivity contribution in [1.82, 2.24) is 20.5 Å². The van der Waals surface area contributed by atoms with Gasteiger partial charge < -0.3 is 10.4 Å². The molecule has 1 heterocycles. The lowest BCUT2D eigenvalue weighted by atomic mass is 9.71. The molecule has 6 nitrogen and oxygen atoms in total. The largest absolute Gasteiger partial charge is 0.388 e. The molecule has 1 aliphatic carbocycles. The molecule has 0 radical (unpaired) electrons. The summed E-state index contributed by atoms with van der Waals surface area (Å²) < 4.78 is 0. The number of hydrogen-bond acceptors (Lipinski definition) is 4. The van der Waals surface area contributed by atoms with Crippen molar-refractivity contribution in [3.8, 4) is 0 Å². The van der Waals surface area contributed by atoms with Gasteiger partial charge in [-0.3, -0.25) is 9.89 Å². The molecule has 0 aromatic carbocycles. The van der Waals surface area contributed by atoms with Gasteiger partial charge in [-0.25, -0.2) is 4.98 Å². The number of aryl methyl sites for hydroxylation is 1. The molecule has 1 amide bonds. The van der Waals surface area contributed by atoms with Crippen molar-refractivity contribution in [2.45, 2.75) is 52.1 Å². The van der Waals surface area contributed by atoms with Gasteiger partial charge in [-0.05, 0) is 38.0 Å². The number of aromatic nitrogens is 3. The van der Waals surface area contributed by atoms with Crippen molar-refractivity contribution in [2.24, 2.45) is 5.41 Å². The minimum atomic E-state index is -0.795. The Morgan fingerprint density at radius 3 is 2.53 bits per heavy atom. The number of carbonyl (C=O) groups is 1. The summed E-state index contributed by atoms with van der Waals surface area (Å²) in [4.78, 5) is 15.8. The van der Waals surface area contributed by atoms with Crippen LogP contribution < -0.4 is 5.32 Å². The summed E-state index contributed by atoms with van der Waals surface area (Å²) in [6.45, 7) is 6.42. The molecule has 1 aliphatic rings. The van der Waals surface area contributed by atoms with Gasteiger partial charge in [-0.15, -0.1) is 5.10 Å². The van der Waals surface area contributed by atoms with Gasteiger partial charge in [0.15, 0.2) is 0 Å². The third kappa shape index (κ3) is 3.53. The second kappa shape index (κ2) is 4.92. The highest BCUT2D eigenvalue weighted by atomic mass is 16.3. The van der Waals surface area contributed by atoms with E-state index < -0.39 is 5.60 Å². The number of amides is 1. The van der Waals surface area contributed by atoms with Gasteiger partial charge in [0.1, 0.15) is 5.82 Å². The third-order valence-corrected chi connectivity index (χ3v) is 3.91. The Hall–Kier alpha value is -1.43. The molecule has 1 aromatic heterocycles. The molecule has 1 saturated carbocycles. The van der Waals surface area contributed by atoms with Crippen molar-refractivity contribution in [2.75, 3.05) is 6.54 Å². The van der Waals surface area contributed by atoms with E-state index in [0.717, 1.165) is 12.8 Å². The molecule has 0 atom stereocenters. The number of hydrogen-bond donors (Lipinski definition) is 3. The van der Waals surface area contributed by atoms with E-state index in [1.54, 1.807) is 6.92 Å². The zero-order valence-electron chi connectivity index (χ0n) is 11.8. The van der Waals surface area contributed by atoms with Crippen molar-refractivity contribution >= 4 is 5.91 Å². The predicted molar refractivity (Wildman–Crippen MR) is 70.7 cm³/mol. The number of H-pyrrole nitrogens is 1. The van der Waals surface area contributed by atoms with Crippen LogP contribution in [0.4, 0.5) is 0 Å². The first-order chi connectivity index (χ1) is 8.80. The SMILES string of the molecule is Cc1nc(C(=O)NCC2(O)CCC(C)(C)CC2)n[nH]1. The van der Waals surface area contributed by atoms with E-state index in [-0.39, 0.29) is 23.7 Å². The number of rotatable bonds is 3. The monoisotopic (exact) mass is 266 g/mol. The van der Waals surface area contributed by atoms with Crippen LogP contribution in [-0.4, -0.2) is 38.3 Å². The summed E-state index contributed by atoms with van der Waals surface area (Å²) in [5.74, 6) is 0.378. The maximum atomic E-state index is 11.8. The summed E-state index contributed by atoms with van der Waals surface area (Å²) >= 11 is 0. The first-order valence-electron chi connectivity index (χ1n) is 6.69. The molecule has 0 unspecified atom stereocenters. The van der Waals surface area contributed by atoms with E-state index in [9.17, 15) is 9.90 Å². The molecule has 0 spiro atoms. The van der Waals surface area contributed by atoms with E-state index >= 15 is 0 Å². The normalized spacial score (nSPS) is 21.1. The topological polar surface area (TPSA) is 90.9 Å². The number of aromatic amines is 1. The van der Waals surface area contributed by atoms with Crippen molar-refractivity contribution in [3.63, 3.8) is 0 Å². The average Bonchev–Trinajstić information content (AvgIpc) is 2.78. The lowest BCUT2D eigenvalue weighted by molar-refractivity contribution is -0.0233. The van der Waals surface area contributed by atoms with Gasteiger partial charge in [0.25, 0.3) is 5.91 Å². The number of aliphatic hydroxyl groups is 1. The fourth-order valence-electron chi connectivity index (χ4n) is 2.34.